The maximum Gasteiger partial charge on any atom is 0.136 e. The van der Waals surface area contributed by atoms with Crippen molar-refractivity contribution >= 4 is 60.5 Å². The molecule has 244 valence electrons. The lowest BCUT2D eigenvalue weighted by Gasteiger charge is -2.28. The van der Waals surface area contributed by atoms with Crippen LogP contribution in [-0.4, -0.2) is 0 Å². The fourth-order valence-corrected chi connectivity index (χ4v) is 6.89. The van der Waals surface area contributed by atoms with Crippen molar-refractivity contribution in [3.05, 3.63) is 200 Å². The van der Waals surface area contributed by atoms with Gasteiger partial charge < -0.3 is 9.32 Å². The van der Waals surface area contributed by atoms with Crippen molar-refractivity contribution < 1.29 is 20.9 Å². The van der Waals surface area contributed by atoms with Gasteiger partial charge in [-0.1, -0.05) is 151 Å². The van der Waals surface area contributed by atoms with Crippen LogP contribution < -0.4 is 4.90 Å². The minimum atomic E-state index is -0.720. The Morgan fingerprint density at radius 2 is 1.02 bits per heavy atom. The molecule has 10 rings (SSSR count). The van der Waals surface area contributed by atoms with Gasteiger partial charge in [0.1, 0.15) is 11.2 Å². The van der Waals surface area contributed by atoms with E-state index < -0.39 is 89.6 Å². The molecule has 0 spiro atoms. The molecule has 0 radical (unpaired) electrons. The number of para-hydroxylation sites is 1. The van der Waals surface area contributed by atoms with E-state index in [2.05, 4.69) is 0 Å². The quantitative estimate of drug-likeness (QED) is 0.174. The highest BCUT2D eigenvalue weighted by atomic mass is 16.3. The molecule has 9 aromatic carbocycles. The van der Waals surface area contributed by atoms with Gasteiger partial charge in [0.05, 0.1) is 22.1 Å². The van der Waals surface area contributed by atoms with Crippen LogP contribution in [0.2, 0.25) is 0 Å². The van der Waals surface area contributed by atoms with E-state index in [1.54, 1.807) is 66.7 Å². The van der Waals surface area contributed by atoms with Crippen molar-refractivity contribution in [2.75, 3.05) is 4.90 Å². The standard InChI is InChI=1S/C50H33NO/c1-2-12-34(13-3-1)35-24-28-40(29-25-35)51(41-30-26-37(27-31-41)43-20-10-17-36-14-6-7-18-42(36)43)47-22-9-8-19-44(47)45-21-11-23-48-50(45)46-32-38-15-4-5-16-39(38)33-49(46)52-48/h1-33H/i8D,9D,19D,22D,24D,25D,26D,27D,28D,29D,30D,31D. The molecule has 0 N–H and O–H groups in total. The molecule has 0 aliphatic rings. The molecule has 0 aliphatic carbocycles. The van der Waals surface area contributed by atoms with Crippen LogP contribution in [0, 0.1) is 0 Å². The molecule has 0 saturated heterocycles. The Kier molecular flexibility index (Phi) is 4.81. The molecule has 52 heavy (non-hydrogen) atoms. The van der Waals surface area contributed by atoms with Crippen LogP contribution in [0.4, 0.5) is 17.1 Å². The van der Waals surface area contributed by atoms with Gasteiger partial charge in [0.2, 0.25) is 0 Å². The molecule has 0 amide bonds. The van der Waals surface area contributed by atoms with E-state index in [1.165, 1.54) is 0 Å². The van der Waals surface area contributed by atoms with Crippen LogP contribution >= 0.6 is 0 Å². The highest BCUT2D eigenvalue weighted by Gasteiger charge is 2.21. The predicted molar refractivity (Wildman–Crippen MR) is 220 cm³/mol. The summed E-state index contributed by atoms with van der Waals surface area (Å²) in [4.78, 5) is 0.965. The summed E-state index contributed by atoms with van der Waals surface area (Å²) in [6.07, 6.45) is 0. The van der Waals surface area contributed by atoms with E-state index in [4.69, 9.17) is 7.16 Å². The summed E-state index contributed by atoms with van der Waals surface area (Å²) < 4.78 is 120. The predicted octanol–water partition coefficient (Wildman–Crippen LogP) is 14.4. The summed E-state index contributed by atoms with van der Waals surface area (Å²) in [5, 5.41) is 4.33. The van der Waals surface area contributed by atoms with Gasteiger partial charge in [0, 0.05) is 27.7 Å². The van der Waals surface area contributed by atoms with Gasteiger partial charge in [-0.25, -0.2) is 0 Å². The van der Waals surface area contributed by atoms with Gasteiger partial charge in [-0.15, -0.1) is 0 Å². The number of rotatable bonds is 6. The van der Waals surface area contributed by atoms with Crippen LogP contribution in [0.25, 0.3) is 76.9 Å². The van der Waals surface area contributed by atoms with Crippen LogP contribution in [0.1, 0.15) is 16.4 Å². The zero-order valence-corrected chi connectivity index (χ0v) is 27.5. The Balaban J connectivity index is 1.37. The van der Waals surface area contributed by atoms with Gasteiger partial charge >= 0.3 is 0 Å². The van der Waals surface area contributed by atoms with E-state index >= 15 is 0 Å². The monoisotopic (exact) mass is 675 g/mol. The van der Waals surface area contributed by atoms with Crippen molar-refractivity contribution in [3.8, 4) is 33.4 Å². The zero-order chi connectivity index (χ0) is 44.9. The molecule has 0 unspecified atom stereocenters. The fourth-order valence-electron chi connectivity index (χ4n) is 6.89. The third-order valence-corrected chi connectivity index (χ3v) is 9.32. The first kappa shape index (κ1) is 20.1. The Morgan fingerprint density at radius 1 is 0.404 bits per heavy atom. The van der Waals surface area contributed by atoms with Crippen molar-refractivity contribution in [2.45, 2.75) is 0 Å². The molecule has 0 aliphatic heterocycles. The van der Waals surface area contributed by atoms with Gasteiger partial charge in [-0.3, -0.25) is 0 Å². The highest BCUT2D eigenvalue weighted by molar-refractivity contribution is 6.16. The maximum absolute atomic E-state index is 9.72. The smallest absolute Gasteiger partial charge is 0.136 e. The molecule has 1 heterocycles. The molecule has 10 aromatic rings. The summed E-state index contributed by atoms with van der Waals surface area (Å²) in [6, 6.07) is 30.4. The van der Waals surface area contributed by atoms with Gasteiger partial charge in [0.25, 0.3) is 0 Å². The van der Waals surface area contributed by atoms with Crippen molar-refractivity contribution in [3.63, 3.8) is 0 Å². The molecule has 0 fully saturated rings. The summed E-state index contributed by atoms with van der Waals surface area (Å²) in [5.41, 5.74) is 0.183. The minimum absolute atomic E-state index is 0.0356. The second-order valence-electron chi connectivity index (χ2n) is 12.4. The lowest BCUT2D eigenvalue weighted by Crippen LogP contribution is -2.11. The van der Waals surface area contributed by atoms with Gasteiger partial charge in [-0.2, -0.15) is 0 Å². The second-order valence-corrected chi connectivity index (χ2v) is 12.4. The van der Waals surface area contributed by atoms with Crippen LogP contribution in [-0.2, 0) is 0 Å². The number of hydrogen-bond donors (Lipinski definition) is 0. The summed E-state index contributed by atoms with van der Waals surface area (Å²) in [5.74, 6) is 0. The van der Waals surface area contributed by atoms with Crippen molar-refractivity contribution in [2.24, 2.45) is 0 Å². The second kappa shape index (κ2) is 12.5. The van der Waals surface area contributed by atoms with E-state index in [-0.39, 0.29) is 22.3 Å². The summed E-state index contributed by atoms with van der Waals surface area (Å²) >= 11 is 0. The Hall–Kier alpha value is -6.90. The normalized spacial score (nSPS) is 14.7. The summed E-state index contributed by atoms with van der Waals surface area (Å²) in [7, 11) is 0. The molecular weight excluding hydrogens is 631 g/mol. The molecule has 0 atom stereocenters. The molecule has 0 bridgehead atoms. The molecule has 2 heteroatoms. The summed E-state index contributed by atoms with van der Waals surface area (Å²) in [6.45, 7) is 0. The maximum atomic E-state index is 9.72. The zero-order valence-electron chi connectivity index (χ0n) is 39.5. The fraction of sp³-hybridized carbons (Fsp3) is 0. The first-order valence-electron chi connectivity index (χ1n) is 22.8. The van der Waals surface area contributed by atoms with E-state index in [9.17, 15) is 13.7 Å². The van der Waals surface area contributed by atoms with Gasteiger partial charge in [0.15, 0.2) is 0 Å². The van der Waals surface area contributed by atoms with E-state index in [0.29, 0.717) is 38.5 Å². The molecule has 0 saturated carbocycles. The molecule has 1 aromatic heterocycles. The molecular formula is C50H33NO. The van der Waals surface area contributed by atoms with Gasteiger partial charge in [-0.05, 0) is 97.8 Å². The van der Waals surface area contributed by atoms with E-state index in [0.717, 1.165) is 21.1 Å². The van der Waals surface area contributed by atoms with Crippen LogP contribution in [0.5, 0.6) is 0 Å². The first-order chi connectivity index (χ1) is 30.8. The third kappa shape index (κ3) is 5.12. The largest absolute Gasteiger partial charge is 0.456 e. The average molecular weight is 676 g/mol. The lowest BCUT2D eigenvalue weighted by atomic mass is 9.95. The number of fused-ring (bicyclic) bond motifs is 5. The first-order valence-corrected chi connectivity index (χ1v) is 16.8. The molecule has 2 nitrogen and oxygen atoms in total. The number of furan rings is 1. The lowest BCUT2D eigenvalue weighted by molar-refractivity contribution is 0.669. The van der Waals surface area contributed by atoms with Crippen molar-refractivity contribution in [1.29, 1.82) is 0 Å². The average Bonchev–Trinajstić information content (AvgIpc) is 3.68. The topological polar surface area (TPSA) is 16.4 Å². The van der Waals surface area contributed by atoms with Crippen molar-refractivity contribution in [1.82, 2.24) is 0 Å². The van der Waals surface area contributed by atoms with E-state index in [1.807, 2.05) is 60.7 Å². The SMILES string of the molecule is [2H]c1c([2H])c([2H])c(N(c2c([2H])c([2H])c(-c3ccccc3)c([2H])c2[2H])c2c([2H])c([2H])c(-c3cccc4ccccc34)c([2H])c2[2H])c(-c2cccc3oc4cc5ccccc5cc4c23)c1[2H]. The Labute approximate surface area is 319 Å². The Bertz CT molecular complexity index is 3540. The number of nitrogens with zero attached hydrogens (tertiary/aromatic N) is 1. The number of hydrogen-bond acceptors (Lipinski definition) is 2. The Morgan fingerprint density at radius 3 is 1.81 bits per heavy atom. The highest BCUT2D eigenvalue weighted by Crippen LogP contribution is 2.45. The van der Waals surface area contributed by atoms with Crippen LogP contribution in [0.15, 0.2) is 204 Å². The number of anilines is 3. The number of benzene rings is 9. The third-order valence-electron chi connectivity index (χ3n) is 9.32. The minimum Gasteiger partial charge on any atom is -0.456 e. The van der Waals surface area contributed by atoms with Crippen LogP contribution in [0.3, 0.4) is 0 Å².